The van der Waals surface area contributed by atoms with Gasteiger partial charge in [0.1, 0.15) is 10.9 Å². The SMILES string of the molecule is O=c1[nH]cnn1-c1cnc(Br)cn1. The van der Waals surface area contributed by atoms with Crippen molar-refractivity contribution >= 4 is 15.9 Å². The number of rotatable bonds is 1. The van der Waals surface area contributed by atoms with Gasteiger partial charge in [-0.15, -0.1) is 0 Å². The van der Waals surface area contributed by atoms with E-state index in [0.717, 1.165) is 4.68 Å². The second kappa shape index (κ2) is 3.09. The van der Waals surface area contributed by atoms with Crippen LogP contribution in [0.2, 0.25) is 0 Å². The summed E-state index contributed by atoms with van der Waals surface area (Å²) in [5.74, 6) is 0.384. The average Bonchev–Trinajstić information content (AvgIpc) is 2.53. The molecule has 2 aromatic heterocycles. The third kappa shape index (κ3) is 1.50. The van der Waals surface area contributed by atoms with Crippen molar-refractivity contribution in [2.45, 2.75) is 0 Å². The minimum absolute atomic E-state index is 0.336. The Labute approximate surface area is 80.8 Å². The van der Waals surface area contributed by atoms with Gasteiger partial charge in [0, 0.05) is 0 Å². The van der Waals surface area contributed by atoms with Crippen LogP contribution in [-0.4, -0.2) is 24.7 Å². The van der Waals surface area contributed by atoms with Gasteiger partial charge in [0.2, 0.25) is 0 Å². The second-order valence-electron chi connectivity index (χ2n) is 2.20. The van der Waals surface area contributed by atoms with E-state index in [-0.39, 0.29) is 5.69 Å². The van der Waals surface area contributed by atoms with Crippen LogP contribution in [0.5, 0.6) is 0 Å². The van der Waals surface area contributed by atoms with Crippen LogP contribution in [0.3, 0.4) is 0 Å². The van der Waals surface area contributed by atoms with E-state index in [1.807, 2.05) is 0 Å². The van der Waals surface area contributed by atoms with Gasteiger partial charge < -0.3 is 0 Å². The normalized spacial score (nSPS) is 10.2. The summed E-state index contributed by atoms with van der Waals surface area (Å²) >= 11 is 3.14. The zero-order valence-corrected chi connectivity index (χ0v) is 7.89. The molecule has 0 saturated carbocycles. The molecule has 0 radical (unpaired) electrons. The van der Waals surface area contributed by atoms with Crippen LogP contribution in [0.15, 0.2) is 28.1 Å². The summed E-state index contributed by atoms with van der Waals surface area (Å²) in [7, 11) is 0. The number of aromatic nitrogens is 5. The fraction of sp³-hybridized carbons (Fsp3) is 0. The number of halogens is 1. The molecule has 0 amide bonds. The van der Waals surface area contributed by atoms with Crippen molar-refractivity contribution in [3.63, 3.8) is 0 Å². The Morgan fingerprint density at radius 1 is 1.38 bits per heavy atom. The van der Waals surface area contributed by atoms with Gasteiger partial charge in [0.15, 0.2) is 5.82 Å². The summed E-state index contributed by atoms with van der Waals surface area (Å²) in [5, 5.41) is 3.75. The molecule has 0 aliphatic heterocycles. The maximum Gasteiger partial charge on any atom is 0.349 e. The summed E-state index contributed by atoms with van der Waals surface area (Å²) in [6.45, 7) is 0. The molecule has 0 aliphatic rings. The number of hydrogen-bond acceptors (Lipinski definition) is 4. The summed E-state index contributed by atoms with van der Waals surface area (Å²) in [4.78, 5) is 21.3. The zero-order chi connectivity index (χ0) is 9.26. The Balaban J connectivity index is 2.54. The van der Waals surface area contributed by atoms with Crippen molar-refractivity contribution in [1.82, 2.24) is 24.7 Å². The molecule has 66 valence electrons. The smallest absolute Gasteiger partial charge is 0.295 e. The van der Waals surface area contributed by atoms with Crippen molar-refractivity contribution in [3.8, 4) is 5.82 Å². The molecule has 0 atom stereocenters. The van der Waals surface area contributed by atoms with E-state index in [2.05, 4.69) is 36.0 Å². The molecule has 0 unspecified atom stereocenters. The summed E-state index contributed by atoms with van der Waals surface area (Å²) in [6, 6.07) is 0. The Bertz CT molecular complexity index is 458. The highest BCUT2D eigenvalue weighted by Crippen LogP contribution is 2.03. The molecule has 0 aromatic carbocycles. The van der Waals surface area contributed by atoms with Gasteiger partial charge in [0.25, 0.3) is 0 Å². The third-order valence-corrected chi connectivity index (χ3v) is 1.79. The van der Waals surface area contributed by atoms with Gasteiger partial charge in [-0.05, 0) is 15.9 Å². The average molecular weight is 242 g/mol. The molecule has 13 heavy (non-hydrogen) atoms. The molecule has 2 aromatic rings. The number of aromatic amines is 1. The standard InChI is InChI=1S/C6H4BrN5O/c7-4-1-9-5(2-8-4)12-6(13)10-3-11-12/h1-3H,(H,10,11,13). The summed E-state index contributed by atoms with van der Waals surface area (Å²) in [6.07, 6.45) is 4.24. The summed E-state index contributed by atoms with van der Waals surface area (Å²) < 4.78 is 1.74. The lowest BCUT2D eigenvalue weighted by molar-refractivity contribution is 0.803. The predicted octanol–water partition coefficient (Wildman–Crippen LogP) is 0.113. The quantitative estimate of drug-likeness (QED) is 0.770. The van der Waals surface area contributed by atoms with Crippen molar-refractivity contribution < 1.29 is 0 Å². The van der Waals surface area contributed by atoms with Crippen LogP contribution in [0, 0.1) is 0 Å². The molecule has 2 rings (SSSR count). The highest BCUT2D eigenvalue weighted by molar-refractivity contribution is 9.10. The van der Waals surface area contributed by atoms with E-state index in [1.165, 1.54) is 18.7 Å². The molecule has 6 nitrogen and oxygen atoms in total. The lowest BCUT2D eigenvalue weighted by Gasteiger charge is -1.95. The van der Waals surface area contributed by atoms with Crippen molar-refractivity contribution in [3.05, 3.63) is 33.8 Å². The van der Waals surface area contributed by atoms with Gasteiger partial charge >= 0.3 is 5.69 Å². The number of H-pyrrole nitrogens is 1. The minimum Gasteiger partial charge on any atom is -0.295 e. The first-order chi connectivity index (χ1) is 6.27. The largest absolute Gasteiger partial charge is 0.349 e. The minimum atomic E-state index is -0.336. The topological polar surface area (TPSA) is 76.5 Å². The van der Waals surface area contributed by atoms with Crippen LogP contribution < -0.4 is 5.69 Å². The molecule has 0 spiro atoms. The van der Waals surface area contributed by atoms with Crippen molar-refractivity contribution in [2.75, 3.05) is 0 Å². The van der Waals surface area contributed by atoms with Crippen molar-refractivity contribution in [1.29, 1.82) is 0 Å². The van der Waals surface area contributed by atoms with E-state index in [4.69, 9.17) is 0 Å². The second-order valence-corrected chi connectivity index (χ2v) is 3.02. The fourth-order valence-electron chi connectivity index (χ4n) is 0.833. The number of hydrogen-bond donors (Lipinski definition) is 1. The van der Waals surface area contributed by atoms with Gasteiger partial charge in [-0.1, -0.05) is 0 Å². The molecule has 2 heterocycles. The Morgan fingerprint density at radius 2 is 2.23 bits per heavy atom. The molecule has 7 heteroatoms. The molecule has 0 fully saturated rings. The first-order valence-electron chi connectivity index (χ1n) is 3.38. The van der Waals surface area contributed by atoms with Crippen LogP contribution in [0.4, 0.5) is 0 Å². The van der Waals surface area contributed by atoms with Gasteiger partial charge in [-0.3, -0.25) is 4.98 Å². The molecule has 0 saturated heterocycles. The molecular formula is C6H4BrN5O. The van der Waals surface area contributed by atoms with Crippen LogP contribution >= 0.6 is 15.9 Å². The Hall–Kier alpha value is -1.50. The monoisotopic (exact) mass is 241 g/mol. The maximum atomic E-state index is 11.1. The fourth-order valence-corrected chi connectivity index (χ4v) is 1.04. The molecule has 0 aliphatic carbocycles. The van der Waals surface area contributed by atoms with Gasteiger partial charge in [0.05, 0.1) is 12.4 Å². The Kier molecular flexibility index (Phi) is 1.93. The van der Waals surface area contributed by atoms with Gasteiger partial charge in [-0.25, -0.2) is 14.8 Å². The lowest BCUT2D eigenvalue weighted by atomic mass is 10.7. The van der Waals surface area contributed by atoms with E-state index < -0.39 is 0 Å². The summed E-state index contributed by atoms with van der Waals surface area (Å²) in [5.41, 5.74) is -0.336. The lowest BCUT2D eigenvalue weighted by Crippen LogP contribution is -2.17. The van der Waals surface area contributed by atoms with Gasteiger partial charge in [-0.2, -0.15) is 9.78 Å². The van der Waals surface area contributed by atoms with E-state index >= 15 is 0 Å². The number of nitrogens with one attached hydrogen (secondary N) is 1. The molecule has 0 bridgehead atoms. The third-order valence-electron chi connectivity index (χ3n) is 1.38. The first kappa shape index (κ1) is 8.11. The zero-order valence-electron chi connectivity index (χ0n) is 6.31. The first-order valence-corrected chi connectivity index (χ1v) is 4.17. The van der Waals surface area contributed by atoms with E-state index in [9.17, 15) is 4.79 Å². The predicted molar refractivity (Wildman–Crippen MR) is 47.5 cm³/mol. The highest BCUT2D eigenvalue weighted by atomic mass is 79.9. The Morgan fingerprint density at radius 3 is 2.77 bits per heavy atom. The van der Waals surface area contributed by atoms with Crippen LogP contribution in [0.1, 0.15) is 0 Å². The maximum absolute atomic E-state index is 11.1. The molecule has 1 N–H and O–H groups in total. The van der Waals surface area contributed by atoms with E-state index in [1.54, 1.807) is 0 Å². The van der Waals surface area contributed by atoms with E-state index in [0.29, 0.717) is 10.4 Å². The highest BCUT2D eigenvalue weighted by Gasteiger charge is 2.02. The molecular weight excluding hydrogens is 238 g/mol. The van der Waals surface area contributed by atoms with Crippen LogP contribution in [-0.2, 0) is 0 Å². The van der Waals surface area contributed by atoms with Crippen LogP contribution in [0.25, 0.3) is 5.82 Å². The number of nitrogens with zero attached hydrogens (tertiary/aromatic N) is 4. The van der Waals surface area contributed by atoms with Crippen molar-refractivity contribution in [2.24, 2.45) is 0 Å².